The molecule has 0 fully saturated rings. The van der Waals surface area contributed by atoms with Crippen molar-refractivity contribution in [1.29, 1.82) is 0 Å². The highest BCUT2D eigenvalue weighted by molar-refractivity contribution is 5.83. The molecule has 0 saturated carbocycles. The van der Waals surface area contributed by atoms with Crippen molar-refractivity contribution in [2.24, 2.45) is 24.6 Å². The van der Waals surface area contributed by atoms with Crippen LogP contribution in [0.4, 0.5) is 0 Å². The monoisotopic (exact) mass is 224 g/mol. The fourth-order valence-corrected chi connectivity index (χ4v) is 1.73. The van der Waals surface area contributed by atoms with E-state index in [9.17, 15) is 4.79 Å². The molecule has 0 saturated heterocycles. The molecule has 0 radical (unpaired) electrons. The summed E-state index contributed by atoms with van der Waals surface area (Å²) < 4.78 is 1.60. The Morgan fingerprint density at radius 3 is 2.69 bits per heavy atom. The van der Waals surface area contributed by atoms with Gasteiger partial charge in [-0.3, -0.25) is 9.48 Å². The first-order chi connectivity index (χ1) is 7.52. The van der Waals surface area contributed by atoms with E-state index in [1.54, 1.807) is 17.9 Å². The molecule has 5 heteroatoms. The molecule has 2 N–H and O–H groups in total. The van der Waals surface area contributed by atoms with Crippen LogP contribution in [-0.4, -0.2) is 27.3 Å². The van der Waals surface area contributed by atoms with Crippen molar-refractivity contribution < 1.29 is 4.79 Å². The Morgan fingerprint density at radius 2 is 2.25 bits per heavy atom. The van der Waals surface area contributed by atoms with Gasteiger partial charge in [0.15, 0.2) is 0 Å². The second-order valence-corrected chi connectivity index (χ2v) is 4.59. The van der Waals surface area contributed by atoms with Crippen molar-refractivity contribution >= 4 is 5.78 Å². The lowest BCUT2D eigenvalue weighted by molar-refractivity contribution is -0.122. The molecule has 0 aromatic carbocycles. The minimum atomic E-state index is -0.0537. The summed E-state index contributed by atoms with van der Waals surface area (Å²) in [5, 5.41) is 7.70. The molecule has 1 heterocycles. The van der Waals surface area contributed by atoms with Crippen LogP contribution in [0, 0.1) is 11.8 Å². The molecule has 0 aliphatic carbocycles. The van der Waals surface area contributed by atoms with Crippen molar-refractivity contribution in [2.45, 2.75) is 26.7 Å². The van der Waals surface area contributed by atoms with E-state index in [-0.39, 0.29) is 11.7 Å². The summed E-state index contributed by atoms with van der Waals surface area (Å²) in [4.78, 5) is 11.9. The fraction of sp³-hybridized carbons (Fsp3) is 0.727. The van der Waals surface area contributed by atoms with Crippen molar-refractivity contribution in [3.8, 4) is 0 Å². The number of nitrogens with zero attached hydrogens (tertiary/aromatic N) is 3. The van der Waals surface area contributed by atoms with Crippen LogP contribution in [0.25, 0.3) is 0 Å². The molecule has 0 aliphatic heterocycles. The Labute approximate surface area is 96.0 Å². The van der Waals surface area contributed by atoms with Crippen LogP contribution in [0.15, 0.2) is 6.20 Å². The minimum absolute atomic E-state index is 0.0537. The third-order valence-corrected chi connectivity index (χ3v) is 2.50. The van der Waals surface area contributed by atoms with Gasteiger partial charge in [0.1, 0.15) is 5.78 Å². The first-order valence-electron chi connectivity index (χ1n) is 5.61. The van der Waals surface area contributed by atoms with Gasteiger partial charge in [0.05, 0.1) is 12.1 Å². The molecule has 0 aliphatic rings. The van der Waals surface area contributed by atoms with Crippen molar-refractivity contribution in [3.05, 3.63) is 11.9 Å². The predicted molar refractivity (Wildman–Crippen MR) is 61.7 cm³/mol. The quantitative estimate of drug-likeness (QED) is 0.765. The zero-order valence-electron chi connectivity index (χ0n) is 10.2. The Morgan fingerprint density at radius 1 is 1.56 bits per heavy atom. The van der Waals surface area contributed by atoms with Gasteiger partial charge in [-0.05, 0) is 12.3 Å². The topological polar surface area (TPSA) is 73.8 Å². The number of ketones is 1. The van der Waals surface area contributed by atoms with Gasteiger partial charge in [-0.25, -0.2) is 0 Å². The number of hydrogen-bond acceptors (Lipinski definition) is 4. The molecular weight excluding hydrogens is 204 g/mol. The summed E-state index contributed by atoms with van der Waals surface area (Å²) in [6, 6.07) is 0. The largest absolute Gasteiger partial charge is 0.330 e. The summed E-state index contributed by atoms with van der Waals surface area (Å²) in [6.45, 7) is 4.60. The van der Waals surface area contributed by atoms with Crippen LogP contribution in [0.5, 0.6) is 0 Å². The van der Waals surface area contributed by atoms with Gasteiger partial charge in [0.2, 0.25) is 0 Å². The van der Waals surface area contributed by atoms with Gasteiger partial charge >= 0.3 is 0 Å². The standard InChI is InChI=1S/C11H20N4O/c1-8(2)4-9(6-12)11(16)5-10-7-15(3)14-13-10/h7-9H,4-6,12H2,1-3H3. The van der Waals surface area contributed by atoms with E-state index >= 15 is 0 Å². The molecule has 0 amide bonds. The first-order valence-corrected chi connectivity index (χ1v) is 5.61. The van der Waals surface area contributed by atoms with E-state index in [0.29, 0.717) is 18.9 Å². The number of hydrogen-bond donors (Lipinski definition) is 1. The van der Waals surface area contributed by atoms with Crippen molar-refractivity contribution in [2.75, 3.05) is 6.54 Å². The number of rotatable bonds is 6. The van der Waals surface area contributed by atoms with Gasteiger partial charge in [-0.2, -0.15) is 0 Å². The SMILES string of the molecule is CC(C)CC(CN)C(=O)Cc1cn(C)nn1. The number of carbonyl (C=O) groups is 1. The summed E-state index contributed by atoms with van der Waals surface area (Å²) >= 11 is 0. The number of aryl methyl sites for hydroxylation is 1. The summed E-state index contributed by atoms with van der Waals surface area (Å²) in [5.41, 5.74) is 6.34. The molecule has 1 atom stereocenters. The highest BCUT2D eigenvalue weighted by atomic mass is 16.1. The maximum atomic E-state index is 11.9. The molecule has 0 bridgehead atoms. The van der Waals surface area contributed by atoms with Gasteiger partial charge < -0.3 is 5.73 Å². The van der Waals surface area contributed by atoms with Crippen LogP contribution in [0.3, 0.4) is 0 Å². The van der Waals surface area contributed by atoms with Gasteiger partial charge in [0.25, 0.3) is 0 Å². The predicted octanol–water partition coefficient (Wildman–Crippen LogP) is 0.548. The van der Waals surface area contributed by atoms with E-state index in [1.807, 2.05) is 0 Å². The average Bonchev–Trinajstić information content (AvgIpc) is 2.60. The van der Waals surface area contributed by atoms with Gasteiger partial charge in [0, 0.05) is 25.7 Å². The number of aromatic nitrogens is 3. The second-order valence-electron chi connectivity index (χ2n) is 4.59. The Balaban J connectivity index is 2.55. The lowest BCUT2D eigenvalue weighted by Gasteiger charge is -2.14. The lowest BCUT2D eigenvalue weighted by atomic mass is 9.91. The molecule has 1 unspecified atom stereocenters. The van der Waals surface area contributed by atoms with Gasteiger partial charge in [-0.1, -0.05) is 19.1 Å². The van der Waals surface area contributed by atoms with E-state index in [1.165, 1.54) is 0 Å². The average molecular weight is 224 g/mol. The lowest BCUT2D eigenvalue weighted by Crippen LogP contribution is -2.26. The van der Waals surface area contributed by atoms with E-state index < -0.39 is 0 Å². The maximum Gasteiger partial charge on any atom is 0.143 e. The van der Waals surface area contributed by atoms with E-state index in [4.69, 9.17) is 5.73 Å². The van der Waals surface area contributed by atoms with E-state index in [0.717, 1.165) is 12.1 Å². The van der Waals surface area contributed by atoms with Crippen molar-refractivity contribution in [1.82, 2.24) is 15.0 Å². The van der Waals surface area contributed by atoms with Gasteiger partial charge in [-0.15, -0.1) is 5.10 Å². The second kappa shape index (κ2) is 5.75. The van der Waals surface area contributed by atoms with Crippen LogP contribution < -0.4 is 5.73 Å². The molecule has 0 spiro atoms. The Hall–Kier alpha value is -1.23. The zero-order chi connectivity index (χ0) is 12.1. The van der Waals surface area contributed by atoms with Crippen LogP contribution in [0.1, 0.15) is 26.0 Å². The molecular formula is C11H20N4O. The molecule has 16 heavy (non-hydrogen) atoms. The van der Waals surface area contributed by atoms with Crippen molar-refractivity contribution in [3.63, 3.8) is 0 Å². The third-order valence-electron chi connectivity index (χ3n) is 2.50. The Bertz CT molecular complexity index is 346. The summed E-state index contributed by atoms with van der Waals surface area (Å²) in [7, 11) is 1.79. The summed E-state index contributed by atoms with van der Waals surface area (Å²) in [5.74, 6) is 0.595. The zero-order valence-corrected chi connectivity index (χ0v) is 10.2. The minimum Gasteiger partial charge on any atom is -0.330 e. The maximum absolute atomic E-state index is 11.9. The molecule has 1 aromatic rings. The Kier molecular flexibility index (Phi) is 4.61. The number of Topliss-reactive ketones (excluding diaryl/α,β-unsaturated/α-hetero) is 1. The van der Waals surface area contributed by atoms with Crippen LogP contribution >= 0.6 is 0 Å². The summed E-state index contributed by atoms with van der Waals surface area (Å²) in [6.07, 6.45) is 2.94. The number of nitrogens with two attached hydrogens (primary N) is 1. The van der Waals surface area contributed by atoms with Crippen LogP contribution in [0.2, 0.25) is 0 Å². The highest BCUT2D eigenvalue weighted by Gasteiger charge is 2.19. The highest BCUT2D eigenvalue weighted by Crippen LogP contribution is 2.13. The number of carbonyl (C=O) groups excluding carboxylic acids is 1. The molecule has 1 aromatic heterocycles. The fourth-order valence-electron chi connectivity index (χ4n) is 1.73. The van der Waals surface area contributed by atoms with Crippen LogP contribution in [-0.2, 0) is 18.3 Å². The third kappa shape index (κ3) is 3.73. The molecule has 90 valence electrons. The molecule has 5 nitrogen and oxygen atoms in total. The smallest absolute Gasteiger partial charge is 0.143 e. The van der Waals surface area contributed by atoms with E-state index in [2.05, 4.69) is 24.2 Å². The molecule has 1 rings (SSSR count). The first kappa shape index (κ1) is 12.8. The normalized spacial score (nSPS) is 13.1.